The number of carboxylic acids is 1. The Morgan fingerprint density at radius 2 is 1.84 bits per heavy atom. The predicted octanol–water partition coefficient (Wildman–Crippen LogP) is 0.806. The lowest BCUT2D eigenvalue weighted by Crippen LogP contribution is -2.51. The summed E-state index contributed by atoms with van der Waals surface area (Å²) in [7, 11) is 0. The van der Waals surface area contributed by atoms with E-state index >= 15 is 0 Å². The summed E-state index contributed by atoms with van der Waals surface area (Å²) in [6.45, 7) is 0.301. The van der Waals surface area contributed by atoms with Crippen LogP contribution >= 0.6 is 0 Å². The smallest absolute Gasteiger partial charge is 0.406 e. The van der Waals surface area contributed by atoms with E-state index in [1.54, 1.807) is 6.92 Å². The summed E-state index contributed by atoms with van der Waals surface area (Å²) in [4.78, 5) is 22.6. The van der Waals surface area contributed by atoms with E-state index in [1.807, 2.05) is 5.32 Å². The molecule has 0 saturated carbocycles. The van der Waals surface area contributed by atoms with Gasteiger partial charge in [-0.25, -0.2) is 9.59 Å². The van der Waals surface area contributed by atoms with Crippen molar-refractivity contribution < 1.29 is 33.0 Å². The average molecular weight is 286 g/mol. The molecule has 0 aromatic carbocycles. The van der Waals surface area contributed by atoms with E-state index in [9.17, 15) is 27.9 Å². The molecule has 0 aromatic rings. The third kappa shape index (κ3) is 6.85. The van der Waals surface area contributed by atoms with Crippen molar-refractivity contribution in [2.75, 3.05) is 19.6 Å². The molecule has 9 heteroatoms. The van der Waals surface area contributed by atoms with E-state index < -0.39 is 36.9 Å². The van der Waals surface area contributed by atoms with Crippen molar-refractivity contribution in [3.05, 3.63) is 0 Å². The van der Waals surface area contributed by atoms with Crippen LogP contribution in [0.1, 0.15) is 20.3 Å². The summed E-state index contributed by atoms with van der Waals surface area (Å²) in [5.41, 5.74) is -2.23. The molecule has 0 heterocycles. The van der Waals surface area contributed by atoms with E-state index in [0.29, 0.717) is 11.3 Å². The van der Waals surface area contributed by atoms with Crippen molar-refractivity contribution in [1.82, 2.24) is 10.2 Å². The van der Waals surface area contributed by atoms with Crippen LogP contribution in [0.25, 0.3) is 0 Å². The number of urea groups is 1. The number of rotatable bonds is 6. The van der Waals surface area contributed by atoms with Crippen LogP contribution in [0.15, 0.2) is 0 Å². The first-order chi connectivity index (χ1) is 8.49. The molecule has 0 aliphatic carbocycles. The number of carbonyl (C=O) groups is 2. The van der Waals surface area contributed by atoms with Gasteiger partial charge < -0.3 is 20.4 Å². The number of carboxylic acid groups (broad SMARTS) is 1. The second kappa shape index (κ2) is 6.60. The zero-order valence-corrected chi connectivity index (χ0v) is 10.6. The van der Waals surface area contributed by atoms with Crippen molar-refractivity contribution in [3.8, 4) is 0 Å². The van der Waals surface area contributed by atoms with Crippen molar-refractivity contribution in [2.24, 2.45) is 0 Å². The summed E-state index contributed by atoms with van der Waals surface area (Å²) in [6.07, 6.45) is -4.22. The van der Waals surface area contributed by atoms with E-state index in [0.717, 1.165) is 6.92 Å². The number of nitrogens with zero attached hydrogens (tertiary/aromatic N) is 1. The highest BCUT2D eigenvalue weighted by molar-refractivity contribution is 5.79. The van der Waals surface area contributed by atoms with Crippen molar-refractivity contribution in [1.29, 1.82) is 0 Å². The SMILES string of the molecule is CCCN(CC(F)(F)F)C(=O)NCC(C)(O)C(=O)O. The first kappa shape index (κ1) is 17.5. The highest BCUT2D eigenvalue weighted by Gasteiger charge is 2.34. The summed E-state index contributed by atoms with van der Waals surface area (Å²) in [5, 5.41) is 19.9. The van der Waals surface area contributed by atoms with Crippen LogP contribution in [0.4, 0.5) is 18.0 Å². The first-order valence-electron chi connectivity index (χ1n) is 5.55. The van der Waals surface area contributed by atoms with Crippen LogP contribution in [0.2, 0.25) is 0 Å². The Kier molecular flexibility index (Phi) is 6.07. The van der Waals surface area contributed by atoms with Crippen LogP contribution in [0.5, 0.6) is 0 Å². The first-order valence-corrected chi connectivity index (χ1v) is 5.55. The number of halogens is 3. The molecule has 0 aliphatic heterocycles. The van der Waals surface area contributed by atoms with Crippen LogP contribution in [0.3, 0.4) is 0 Å². The Morgan fingerprint density at radius 3 is 2.21 bits per heavy atom. The van der Waals surface area contributed by atoms with Gasteiger partial charge in [-0.05, 0) is 13.3 Å². The Hall–Kier alpha value is -1.51. The standard InChI is InChI=1S/C10H17F3N2O4/c1-3-4-15(6-10(11,12)13)8(18)14-5-9(2,19)7(16)17/h19H,3-6H2,1-2H3,(H,14,18)(H,16,17). The molecule has 0 aliphatic rings. The van der Waals surface area contributed by atoms with Crippen molar-refractivity contribution in [3.63, 3.8) is 0 Å². The highest BCUT2D eigenvalue weighted by atomic mass is 19.4. The summed E-state index contributed by atoms with van der Waals surface area (Å²) >= 11 is 0. The lowest BCUT2D eigenvalue weighted by atomic mass is 10.1. The fraction of sp³-hybridized carbons (Fsp3) is 0.800. The van der Waals surface area contributed by atoms with Crippen LogP contribution in [-0.4, -0.2) is 58.5 Å². The maximum Gasteiger partial charge on any atom is 0.406 e. The largest absolute Gasteiger partial charge is 0.479 e. The molecule has 19 heavy (non-hydrogen) atoms. The summed E-state index contributed by atoms with van der Waals surface area (Å²) in [6, 6.07) is -1.07. The minimum Gasteiger partial charge on any atom is -0.479 e. The number of nitrogens with one attached hydrogen (secondary N) is 1. The molecule has 2 amide bonds. The number of alkyl halides is 3. The van der Waals surface area contributed by atoms with Gasteiger partial charge in [0.05, 0.1) is 6.54 Å². The molecular formula is C10H17F3N2O4. The van der Waals surface area contributed by atoms with Gasteiger partial charge in [0, 0.05) is 6.54 Å². The fourth-order valence-corrected chi connectivity index (χ4v) is 1.17. The lowest BCUT2D eigenvalue weighted by Gasteiger charge is -2.25. The number of aliphatic carboxylic acids is 1. The second-order valence-corrected chi connectivity index (χ2v) is 4.27. The van der Waals surface area contributed by atoms with Crippen molar-refractivity contribution >= 4 is 12.0 Å². The molecule has 1 atom stereocenters. The Labute approximate surface area is 108 Å². The Morgan fingerprint density at radius 1 is 1.32 bits per heavy atom. The van der Waals surface area contributed by atoms with Gasteiger partial charge >= 0.3 is 18.2 Å². The van der Waals surface area contributed by atoms with Gasteiger partial charge in [-0.3, -0.25) is 0 Å². The highest BCUT2D eigenvalue weighted by Crippen LogP contribution is 2.16. The molecule has 0 spiro atoms. The van der Waals surface area contributed by atoms with Crippen LogP contribution < -0.4 is 5.32 Å². The van der Waals surface area contributed by atoms with Gasteiger partial charge in [0.2, 0.25) is 0 Å². The van der Waals surface area contributed by atoms with Gasteiger partial charge in [0.1, 0.15) is 6.54 Å². The molecule has 0 radical (unpaired) electrons. The maximum absolute atomic E-state index is 12.2. The zero-order chi connectivity index (χ0) is 15.3. The molecule has 0 rings (SSSR count). The molecule has 0 fully saturated rings. The number of hydrogen-bond acceptors (Lipinski definition) is 3. The maximum atomic E-state index is 12.2. The molecule has 112 valence electrons. The van der Waals surface area contributed by atoms with Gasteiger partial charge in [-0.15, -0.1) is 0 Å². The van der Waals surface area contributed by atoms with E-state index in [-0.39, 0.29) is 6.54 Å². The van der Waals surface area contributed by atoms with Crippen LogP contribution in [0, 0.1) is 0 Å². The van der Waals surface area contributed by atoms with Crippen molar-refractivity contribution in [2.45, 2.75) is 32.0 Å². The predicted molar refractivity (Wildman–Crippen MR) is 59.6 cm³/mol. The average Bonchev–Trinajstić information content (AvgIpc) is 2.23. The molecule has 6 nitrogen and oxygen atoms in total. The molecule has 0 bridgehead atoms. The minimum absolute atomic E-state index is 0.124. The van der Waals surface area contributed by atoms with Gasteiger partial charge in [0.25, 0.3) is 0 Å². The van der Waals surface area contributed by atoms with E-state index in [4.69, 9.17) is 5.11 Å². The number of amides is 2. The molecule has 1 unspecified atom stereocenters. The normalized spacial score (nSPS) is 14.6. The number of aliphatic hydroxyl groups is 1. The molecular weight excluding hydrogens is 269 g/mol. The minimum atomic E-state index is -4.54. The third-order valence-corrected chi connectivity index (χ3v) is 2.20. The van der Waals surface area contributed by atoms with Gasteiger partial charge in [0.15, 0.2) is 5.60 Å². The van der Waals surface area contributed by atoms with E-state index in [2.05, 4.69) is 0 Å². The van der Waals surface area contributed by atoms with E-state index in [1.165, 1.54) is 0 Å². The second-order valence-electron chi connectivity index (χ2n) is 4.27. The molecule has 0 saturated heterocycles. The van der Waals surface area contributed by atoms with Gasteiger partial charge in [-0.2, -0.15) is 13.2 Å². The summed E-state index contributed by atoms with van der Waals surface area (Å²) < 4.78 is 36.7. The zero-order valence-electron chi connectivity index (χ0n) is 10.6. The Bertz CT molecular complexity index is 331. The third-order valence-electron chi connectivity index (χ3n) is 2.20. The lowest BCUT2D eigenvalue weighted by molar-refractivity contribution is -0.156. The monoisotopic (exact) mass is 286 g/mol. The quantitative estimate of drug-likeness (QED) is 0.674. The van der Waals surface area contributed by atoms with Gasteiger partial charge in [-0.1, -0.05) is 6.92 Å². The Balaban J connectivity index is 4.54. The molecule has 3 N–H and O–H groups in total. The van der Waals surface area contributed by atoms with Crippen LogP contribution in [-0.2, 0) is 4.79 Å². The topological polar surface area (TPSA) is 89.9 Å². The number of hydrogen-bond donors (Lipinski definition) is 3. The summed E-state index contributed by atoms with van der Waals surface area (Å²) in [5.74, 6) is -1.58. The fourth-order valence-electron chi connectivity index (χ4n) is 1.17. The molecule has 0 aromatic heterocycles. The number of carbonyl (C=O) groups excluding carboxylic acids is 1.